The molecule has 2 aliphatic heterocycles. The van der Waals surface area contributed by atoms with Crippen LogP contribution in [-0.4, -0.2) is 113 Å². The summed E-state index contributed by atoms with van der Waals surface area (Å²) in [4.78, 5) is 67.7. The van der Waals surface area contributed by atoms with E-state index in [1.807, 2.05) is 6.92 Å². The number of ether oxygens (including phenoxy) is 2. The Balaban J connectivity index is 1.43. The minimum absolute atomic E-state index is 0.0317. The minimum atomic E-state index is -3.98. The Morgan fingerprint density at radius 3 is 2.00 bits per heavy atom. The third-order valence-electron chi connectivity index (χ3n) is 8.37. The van der Waals surface area contributed by atoms with Crippen molar-refractivity contribution in [2.75, 3.05) is 31.5 Å². The third kappa shape index (κ3) is 10.4. The van der Waals surface area contributed by atoms with E-state index in [1.54, 1.807) is 77.9 Å². The molecule has 2 aromatic rings. The van der Waals surface area contributed by atoms with Gasteiger partial charge < -0.3 is 30.1 Å². The van der Waals surface area contributed by atoms with Crippen LogP contribution in [0.25, 0.3) is 0 Å². The summed E-state index contributed by atoms with van der Waals surface area (Å²) in [5.41, 5.74) is 0.159. The fourth-order valence-electron chi connectivity index (χ4n) is 5.83. The summed E-state index contributed by atoms with van der Waals surface area (Å²) in [5.74, 6) is -2.58. The monoisotopic (exact) mass is 743 g/mol. The summed E-state index contributed by atoms with van der Waals surface area (Å²) in [5, 5.41) is 15.2. The van der Waals surface area contributed by atoms with E-state index in [0.29, 0.717) is 17.7 Å². The van der Waals surface area contributed by atoms with Gasteiger partial charge in [-0.25, -0.2) is 22.8 Å². The first-order valence-electron chi connectivity index (χ1n) is 17.1. The third-order valence-corrected chi connectivity index (χ3v) is 10.3. The molecule has 3 atom stereocenters. The van der Waals surface area contributed by atoms with Gasteiger partial charge in [-0.1, -0.05) is 29.8 Å². The van der Waals surface area contributed by atoms with Crippen molar-refractivity contribution in [3.63, 3.8) is 0 Å². The number of aliphatic carboxylic acids is 1. The predicted molar refractivity (Wildman–Crippen MR) is 191 cm³/mol. The first kappa shape index (κ1) is 40.1. The second kappa shape index (κ2) is 15.9. The molecule has 0 radical (unpaired) electrons. The van der Waals surface area contributed by atoms with Gasteiger partial charge in [0.15, 0.2) is 0 Å². The molecule has 15 nitrogen and oxygen atoms in total. The molecule has 4 rings (SSSR count). The summed E-state index contributed by atoms with van der Waals surface area (Å²) < 4.78 is 38.8. The van der Waals surface area contributed by atoms with E-state index in [-0.39, 0.29) is 43.9 Å². The van der Waals surface area contributed by atoms with E-state index in [4.69, 9.17) is 9.47 Å². The number of hydrogen-bond donors (Lipinski definition) is 3. The fourth-order valence-corrected chi connectivity index (χ4v) is 7.48. The van der Waals surface area contributed by atoms with Crippen molar-refractivity contribution in [3.05, 3.63) is 59.7 Å². The lowest BCUT2D eigenvalue weighted by Crippen LogP contribution is -2.61. The summed E-state index contributed by atoms with van der Waals surface area (Å²) in [7, 11) is -3.98. The molecule has 0 aliphatic carbocycles. The van der Waals surface area contributed by atoms with Crippen molar-refractivity contribution in [3.8, 4) is 0 Å². The van der Waals surface area contributed by atoms with Crippen LogP contribution in [0.5, 0.6) is 0 Å². The number of carboxylic acid groups (broad SMARTS) is 1. The number of aryl methyl sites for hydroxylation is 1. The Bertz CT molecular complexity index is 1750. The molecule has 284 valence electrons. The Kier molecular flexibility index (Phi) is 12.3. The van der Waals surface area contributed by atoms with Gasteiger partial charge in [-0.15, -0.1) is 0 Å². The number of piperazine rings is 1. The zero-order valence-corrected chi connectivity index (χ0v) is 31.5. The Hall–Kier alpha value is -4.70. The van der Waals surface area contributed by atoms with Crippen LogP contribution < -0.4 is 10.6 Å². The molecule has 3 N–H and O–H groups in total. The van der Waals surface area contributed by atoms with Crippen LogP contribution in [0.15, 0.2) is 53.4 Å². The molecule has 0 saturated carbocycles. The largest absolute Gasteiger partial charge is 0.480 e. The standard InChI is InChI=1S/C36H49N5O10S/c1-23-10-16-26(17-11-23)52(48,49)41-18-8-9-28(41)30(42)38-27(32(44)45)21-24-12-14-25(15-13-24)37-31(43)29-22-39(33(46)50-35(2,3)4)19-20-40(29)34(47)51-36(5,6)7/h10-17,27-29H,8-9,18-22H2,1-7H3,(H,37,43)(H,38,42)(H,44,45)/t27-,28-,29?/m0/s1. The Labute approximate surface area is 304 Å². The van der Waals surface area contributed by atoms with E-state index < -0.39 is 69.3 Å². The topological polar surface area (TPSA) is 192 Å². The van der Waals surface area contributed by atoms with Gasteiger partial charge in [0.2, 0.25) is 21.8 Å². The van der Waals surface area contributed by atoms with E-state index >= 15 is 0 Å². The van der Waals surface area contributed by atoms with Crippen molar-refractivity contribution in [1.29, 1.82) is 0 Å². The number of carbonyl (C=O) groups excluding carboxylic acids is 4. The van der Waals surface area contributed by atoms with Gasteiger partial charge in [0.05, 0.1) is 11.4 Å². The second-order valence-corrected chi connectivity index (χ2v) is 16.9. The van der Waals surface area contributed by atoms with Crippen LogP contribution in [0.4, 0.5) is 15.3 Å². The highest BCUT2D eigenvalue weighted by molar-refractivity contribution is 7.89. The molecule has 1 unspecified atom stereocenters. The number of carboxylic acids is 1. The van der Waals surface area contributed by atoms with Crippen molar-refractivity contribution in [2.45, 2.75) is 102 Å². The molecule has 16 heteroatoms. The van der Waals surface area contributed by atoms with Crippen LogP contribution in [0, 0.1) is 6.92 Å². The molecule has 0 spiro atoms. The number of sulfonamides is 1. The number of carbonyl (C=O) groups is 5. The van der Waals surface area contributed by atoms with Crippen molar-refractivity contribution >= 4 is 45.7 Å². The van der Waals surface area contributed by atoms with Gasteiger partial charge in [0.25, 0.3) is 0 Å². The lowest BCUT2D eigenvalue weighted by molar-refractivity contribution is -0.142. The highest BCUT2D eigenvalue weighted by Crippen LogP contribution is 2.27. The number of amides is 4. The van der Waals surface area contributed by atoms with Gasteiger partial charge >= 0.3 is 18.2 Å². The van der Waals surface area contributed by atoms with Gasteiger partial charge in [-0.2, -0.15) is 4.31 Å². The van der Waals surface area contributed by atoms with Crippen molar-refractivity contribution in [2.24, 2.45) is 0 Å². The zero-order valence-electron chi connectivity index (χ0n) is 30.7. The Morgan fingerprint density at radius 2 is 1.42 bits per heavy atom. The highest BCUT2D eigenvalue weighted by Gasteiger charge is 2.42. The van der Waals surface area contributed by atoms with Crippen molar-refractivity contribution < 1.29 is 47.0 Å². The number of nitrogens with zero attached hydrogens (tertiary/aromatic N) is 3. The van der Waals surface area contributed by atoms with Gasteiger partial charge in [0.1, 0.15) is 29.3 Å². The molecule has 2 saturated heterocycles. The van der Waals surface area contributed by atoms with E-state index in [1.165, 1.54) is 21.9 Å². The fraction of sp³-hybridized carbons (Fsp3) is 0.528. The summed E-state index contributed by atoms with van der Waals surface area (Å²) in [6, 6.07) is 9.05. The first-order valence-corrected chi connectivity index (χ1v) is 18.6. The average Bonchev–Trinajstić information content (AvgIpc) is 3.55. The minimum Gasteiger partial charge on any atom is -0.480 e. The second-order valence-electron chi connectivity index (χ2n) is 15.0. The number of nitrogens with one attached hydrogen (secondary N) is 2. The molecular formula is C36H49N5O10S. The van der Waals surface area contributed by atoms with Gasteiger partial charge in [0, 0.05) is 31.7 Å². The number of hydrogen-bond acceptors (Lipinski definition) is 9. The Morgan fingerprint density at radius 1 is 0.827 bits per heavy atom. The molecule has 0 bridgehead atoms. The molecule has 52 heavy (non-hydrogen) atoms. The lowest BCUT2D eigenvalue weighted by atomic mass is 10.0. The van der Waals surface area contributed by atoms with Gasteiger partial charge in [-0.05, 0) is 91.1 Å². The molecule has 2 aliphatic rings. The summed E-state index contributed by atoms with van der Waals surface area (Å²) >= 11 is 0. The zero-order chi connectivity index (χ0) is 38.6. The van der Waals surface area contributed by atoms with E-state index in [9.17, 15) is 37.5 Å². The number of anilines is 1. The average molecular weight is 744 g/mol. The maximum Gasteiger partial charge on any atom is 0.411 e. The molecule has 2 aromatic carbocycles. The maximum atomic E-state index is 13.6. The summed E-state index contributed by atoms with van der Waals surface area (Å²) in [6.07, 6.45) is -0.746. The van der Waals surface area contributed by atoms with Crippen LogP contribution in [0.1, 0.15) is 65.5 Å². The first-order chi connectivity index (χ1) is 24.1. The highest BCUT2D eigenvalue weighted by atomic mass is 32.2. The maximum absolute atomic E-state index is 13.6. The van der Waals surface area contributed by atoms with Crippen LogP contribution in [0.2, 0.25) is 0 Å². The predicted octanol–water partition coefficient (Wildman–Crippen LogP) is 3.76. The SMILES string of the molecule is Cc1ccc(S(=O)(=O)N2CCC[C@H]2C(=O)N[C@@H](Cc2ccc(NC(=O)C3CN(C(=O)OC(C)(C)C)CCN3C(=O)OC(C)(C)C)cc2)C(=O)O)cc1. The normalized spacial score (nSPS) is 19.1. The lowest BCUT2D eigenvalue weighted by Gasteiger charge is -2.41. The molecule has 2 heterocycles. The van der Waals surface area contributed by atoms with E-state index in [2.05, 4.69) is 10.6 Å². The van der Waals surface area contributed by atoms with Crippen LogP contribution in [-0.2, 0) is 40.3 Å². The van der Waals surface area contributed by atoms with E-state index in [0.717, 1.165) is 9.87 Å². The number of rotatable bonds is 9. The molecule has 0 aromatic heterocycles. The van der Waals surface area contributed by atoms with Crippen LogP contribution in [0.3, 0.4) is 0 Å². The summed E-state index contributed by atoms with van der Waals surface area (Å²) in [6.45, 7) is 12.3. The van der Waals surface area contributed by atoms with Crippen molar-refractivity contribution in [1.82, 2.24) is 19.4 Å². The number of benzene rings is 2. The molecule has 4 amide bonds. The quantitative estimate of drug-likeness (QED) is 0.341. The van der Waals surface area contributed by atoms with Crippen LogP contribution >= 0.6 is 0 Å². The molecule has 2 fully saturated rings. The van der Waals surface area contributed by atoms with Gasteiger partial charge in [-0.3, -0.25) is 14.5 Å². The molecular weight excluding hydrogens is 694 g/mol. The smallest absolute Gasteiger partial charge is 0.411 e.